The molecule has 0 unspecified atom stereocenters. The van der Waals surface area contributed by atoms with Gasteiger partial charge in [0, 0.05) is 12.7 Å². The maximum absolute atomic E-state index is 12.5. The van der Waals surface area contributed by atoms with Gasteiger partial charge in [-0.3, -0.25) is 13.8 Å². The maximum atomic E-state index is 12.5. The molecule has 7 heteroatoms. The fraction of sp³-hybridized carbons (Fsp3) is 0.0870. The molecule has 0 aliphatic rings. The number of fused-ring (bicyclic) bond motifs is 3. The molecule has 2 aromatic heterocycles. The average molecular weight is 397 g/mol. The second kappa shape index (κ2) is 7.36. The van der Waals surface area contributed by atoms with Gasteiger partial charge in [-0.1, -0.05) is 30.3 Å². The first-order valence-electron chi connectivity index (χ1n) is 9.59. The van der Waals surface area contributed by atoms with Gasteiger partial charge in [-0.05, 0) is 48.5 Å². The molecule has 5 rings (SSSR count). The lowest BCUT2D eigenvalue weighted by molar-refractivity contribution is 0.483. The summed E-state index contributed by atoms with van der Waals surface area (Å²) in [5.74, 6) is 2.80. The Labute approximate surface area is 172 Å². The van der Waals surface area contributed by atoms with Crippen LogP contribution >= 0.6 is 0 Å². The highest BCUT2D eigenvalue weighted by Gasteiger charge is 2.14. The molecule has 30 heavy (non-hydrogen) atoms. The van der Waals surface area contributed by atoms with Crippen LogP contribution in [-0.2, 0) is 13.6 Å². The minimum atomic E-state index is -0.0842. The van der Waals surface area contributed by atoms with Crippen molar-refractivity contribution in [3.8, 4) is 11.5 Å². The van der Waals surface area contributed by atoms with Crippen LogP contribution in [0, 0.1) is 0 Å². The molecule has 0 aliphatic carbocycles. The number of hydrogen-bond donors (Lipinski definition) is 1. The fourth-order valence-electron chi connectivity index (χ4n) is 3.45. The van der Waals surface area contributed by atoms with E-state index in [0.717, 1.165) is 28.5 Å². The molecule has 0 aliphatic heterocycles. The number of aryl methyl sites for hydroxylation is 1. The molecule has 0 saturated carbocycles. The molecule has 0 fully saturated rings. The summed E-state index contributed by atoms with van der Waals surface area (Å²) in [5, 5.41) is 12.5. The molecule has 2 heterocycles. The normalized spacial score (nSPS) is 11.1. The van der Waals surface area contributed by atoms with Crippen molar-refractivity contribution in [3.63, 3.8) is 0 Å². The number of hydrogen-bond acceptors (Lipinski definition) is 5. The zero-order valence-electron chi connectivity index (χ0n) is 16.3. The number of para-hydroxylation sites is 2. The van der Waals surface area contributed by atoms with E-state index in [1.54, 1.807) is 7.05 Å². The predicted octanol–water partition coefficient (Wildman–Crippen LogP) is 3.99. The Morgan fingerprint density at radius 3 is 2.37 bits per heavy atom. The van der Waals surface area contributed by atoms with Crippen molar-refractivity contribution in [1.29, 1.82) is 0 Å². The van der Waals surface area contributed by atoms with Crippen molar-refractivity contribution >= 4 is 22.4 Å². The molecule has 0 spiro atoms. The molecule has 7 nitrogen and oxygen atoms in total. The number of nitrogens with one attached hydrogen (secondary N) is 1. The molecule has 3 aromatic carbocycles. The molecule has 148 valence electrons. The number of ether oxygens (including phenoxy) is 1. The van der Waals surface area contributed by atoms with Crippen LogP contribution in [0.2, 0.25) is 0 Å². The predicted molar refractivity (Wildman–Crippen MR) is 116 cm³/mol. The summed E-state index contributed by atoms with van der Waals surface area (Å²) in [7, 11) is 1.71. The third kappa shape index (κ3) is 3.16. The van der Waals surface area contributed by atoms with Crippen LogP contribution in [0.3, 0.4) is 0 Å². The summed E-state index contributed by atoms with van der Waals surface area (Å²) in [6.45, 7) is 0.461. The van der Waals surface area contributed by atoms with Crippen LogP contribution in [0.15, 0.2) is 83.7 Å². The third-order valence-electron chi connectivity index (χ3n) is 4.98. The standard InChI is InChI=1S/C23H19N5O2/c1-27-22(29)19-9-5-6-10-20(19)28-21(25-26-23(27)28)15-24-16-11-13-18(14-12-16)30-17-7-3-2-4-8-17/h2-14,24H,15H2,1H3. The number of benzene rings is 3. The zero-order valence-corrected chi connectivity index (χ0v) is 16.3. The number of rotatable bonds is 5. The van der Waals surface area contributed by atoms with Gasteiger partial charge < -0.3 is 10.1 Å². The highest BCUT2D eigenvalue weighted by Crippen LogP contribution is 2.23. The first kappa shape index (κ1) is 17.9. The van der Waals surface area contributed by atoms with E-state index in [4.69, 9.17) is 4.74 Å². The Morgan fingerprint density at radius 1 is 0.867 bits per heavy atom. The largest absolute Gasteiger partial charge is 0.457 e. The minimum Gasteiger partial charge on any atom is -0.457 e. The Morgan fingerprint density at radius 2 is 1.57 bits per heavy atom. The summed E-state index contributed by atoms with van der Waals surface area (Å²) in [4.78, 5) is 12.5. The molecule has 0 saturated heterocycles. The highest BCUT2D eigenvalue weighted by atomic mass is 16.5. The number of aromatic nitrogens is 4. The van der Waals surface area contributed by atoms with E-state index < -0.39 is 0 Å². The van der Waals surface area contributed by atoms with Crippen molar-refractivity contribution in [1.82, 2.24) is 19.2 Å². The molecule has 0 radical (unpaired) electrons. The first-order valence-corrected chi connectivity index (χ1v) is 9.59. The van der Waals surface area contributed by atoms with Crippen LogP contribution in [0.4, 0.5) is 5.69 Å². The summed E-state index contributed by atoms with van der Waals surface area (Å²) in [6, 6.07) is 24.9. The molecular formula is C23H19N5O2. The monoisotopic (exact) mass is 397 g/mol. The SMILES string of the molecule is Cn1c(=O)c2ccccc2n2c(CNc3ccc(Oc4ccccc4)cc3)nnc12. The fourth-order valence-corrected chi connectivity index (χ4v) is 3.45. The summed E-state index contributed by atoms with van der Waals surface area (Å²) in [5.41, 5.74) is 1.64. The van der Waals surface area contributed by atoms with Crippen LogP contribution in [0.1, 0.15) is 5.82 Å². The third-order valence-corrected chi connectivity index (χ3v) is 4.98. The van der Waals surface area contributed by atoms with Gasteiger partial charge >= 0.3 is 0 Å². The molecule has 0 amide bonds. The van der Waals surface area contributed by atoms with E-state index in [1.807, 2.05) is 83.3 Å². The van der Waals surface area contributed by atoms with Crippen LogP contribution in [0.5, 0.6) is 11.5 Å². The molecule has 0 atom stereocenters. The lowest BCUT2D eigenvalue weighted by Crippen LogP contribution is -2.20. The Kier molecular flexibility index (Phi) is 4.40. The van der Waals surface area contributed by atoms with Crippen LogP contribution < -0.4 is 15.6 Å². The van der Waals surface area contributed by atoms with E-state index in [0.29, 0.717) is 17.7 Å². The Balaban J connectivity index is 1.40. The van der Waals surface area contributed by atoms with Gasteiger partial charge in [-0.2, -0.15) is 0 Å². The molecule has 1 N–H and O–H groups in total. The van der Waals surface area contributed by atoms with Gasteiger partial charge in [-0.15, -0.1) is 10.2 Å². The van der Waals surface area contributed by atoms with Gasteiger partial charge in [0.15, 0.2) is 5.82 Å². The quantitative estimate of drug-likeness (QED) is 0.486. The number of anilines is 1. The summed E-state index contributed by atoms with van der Waals surface area (Å²) >= 11 is 0. The summed E-state index contributed by atoms with van der Waals surface area (Å²) < 4.78 is 9.26. The Hall–Kier alpha value is -4.13. The van der Waals surface area contributed by atoms with Crippen LogP contribution in [-0.4, -0.2) is 19.2 Å². The van der Waals surface area contributed by atoms with E-state index >= 15 is 0 Å². The lowest BCUT2D eigenvalue weighted by atomic mass is 10.2. The first-order chi connectivity index (χ1) is 14.7. The van der Waals surface area contributed by atoms with Crippen molar-refractivity contribution in [2.24, 2.45) is 7.05 Å². The van der Waals surface area contributed by atoms with Crippen LogP contribution in [0.25, 0.3) is 16.7 Å². The van der Waals surface area contributed by atoms with Crippen molar-refractivity contribution in [2.45, 2.75) is 6.54 Å². The van der Waals surface area contributed by atoms with Gasteiger partial charge in [0.2, 0.25) is 5.78 Å². The lowest BCUT2D eigenvalue weighted by Gasteiger charge is -2.10. The topological polar surface area (TPSA) is 73.5 Å². The minimum absolute atomic E-state index is 0.0842. The van der Waals surface area contributed by atoms with Crippen molar-refractivity contribution in [2.75, 3.05) is 5.32 Å². The van der Waals surface area contributed by atoms with Crippen molar-refractivity contribution in [3.05, 3.63) is 95.0 Å². The second-order valence-electron chi connectivity index (χ2n) is 6.93. The molecular weight excluding hydrogens is 378 g/mol. The zero-order chi connectivity index (χ0) is 20.5. The van der Waals surface area contributed by atoms with Crippen molar-refractivity contribution < 1.29 is 4.74 Å². The van der Waals surface area contributed by atoms with Gasteiger partial charge in [0.05, 0.1) is 17.4 Å². The van der Waals surface area contributed by atoms with E-state index in [1.165, 1.54) is 4.57 Å². The molecule has 5 aromatic rings. The smallest absolute Gasteiger partial charge is 0.262 e. The van der Waals surface area contributed by atoms with Gasteiger partial charge in [-0.25, -0.2) is 0 Å². The van der Waals surface area contributed by atoms with E-state index in [-0.39, 0.29) is 5.56 Å². The van der Waals surface area contributed by atoms with E-state index in [2.05, 4.69) is 15.5 Å². The highest BCUT2D eigenvalue weighted by molar-refractivity contribution is 5.80. The summed E-state index contributed by atoms with van der Waals surface area (Å²) in [6.07, 6.45) is 0. The number of nitrogens with zero attached hydrogens (tertiary/aromatic N) is 4. The molecule has 0 bridgehead atoms. The Bertz CT molecular complexity index is 1390. The van der Waals surface area contributed by atoms with Gasteiger partial charge in [0.25, 0.3) is 5.56 Å². The maximum Gasteiger partial charge on any atom is 0.262 e. The van der Waals surface area contributed by atoms with Gasteiger partial charge in [0.1, 0.15) is 11.5 Å². The second-order valence-corrected chi connectivity index (χ2v) is 6.93. The average Bonchev–Trinajstić information content (AvgIpc) is 3.22. The van der Waals surface area contributed by atoms with E-state index in [9.17, 15) is 4.79 Å².